The molecular weight excluding hydrogens is 388 g/mol. The Kier molecular flexibility index (Phi) is 10.2. The normalized spacial score (nSPS) is 27.9. The number of carbonyl (C=O) groups excluding carboxylic acids is 2. The van der Waals surface area contributed by atoms with Crippen molar-refractivity contribution in [2.45, 2.75) is 83.3 Å². The number of nitrogens with one attached hydrogen (secondary N) is 1. The first-order chi connectivity index (χ1) is 12.4. The number of nitrogens with two attached hydrogens (primary N) is 1. The smallest absolute Gasteiger partial charge is 0.407 e. The van der Waals surface area contributed by atoms with Gasteiger partial charge in [0.15, 0.2) is 0 Å². The van der Waals surface area contributed by atoms with Crippen molar-refractivity contribution in [1.82, 2.24) is 5.32 Å². The molecule has 0 bridgehead atoms. The summed E-state index contributed by atoms with van der Waals surface area (Å²) in [6.07, 6.45) is 0.0643. The van der Waals surface area contributed by atoms with Crippen LogP contribution in [0.2, 0.25) is 0 Å². The lowest BCUT2D eigenvalue weighted by atomic mass is 9.79. The van der Waals surface area contributed by atoms with Crippen LogP contribution in [0.15, 0.2) is 0 Å². The minimum absolute atomic E-state index is 0. The average Bonchev–Trinajstić information content (AvgIpc) is 2.87. The first kappa shape index (κ1) is 26.9. The summed E-state index contributed by atoms with van der Waals surface area (Å²) >= 11 is 0. The van der Waals surface area contributed by atoms with Gasteiger partial charge in [0.25, 0.3) is 0 Å². The molecule has 166 valence electrons. The van der Waals surface area contributed by atoms with Crippen molar-refractivity contribution in [3.05, 3.63) is 0 Å². The summed E-state index contributed by atoms with van der Waals surface area (Å²) < 4.78 is 15.8. The zero-order valence-electron chi connectivity index (χ0n) is 18.0. The molecule has 1 fully saturated rings. The fourth-order valence-electron chi connectivity index (χ4n) is 3.85. The quantitative estimate of drug-likeness (QED) is 0.534. The zero-order chi connectivity index (χ0) is 21.0. The maximum atomic E-state index is 12.3. The fourth-order valence-corrected chi connectivity index (χ4v) is 3.85. The number of methoxy groups -OCH3 is 2. The minimum atomic E-state index is -1.06. The predicted molar refractivity (Wildman–Crippen MR) is 108 cm³/mol. The van der Waals surface area contributed by atoms with Crippen molar-refractivity contribution in [2.75, 3.05) is 14.2 Å². The largest absolute Gasteiger partial charge is 0.469 e. The van der Waals surface area contributed by atoms with Crippen LogP contribution in [-0.4, -0.2) is 60.8 Å². The molecule has 8 nitrogen and oxygen atoms in total. The van der Waals surface area contributed by atoms with E-state index in [0.29, 0.717) is 6.42 Å². The highest BCUT2D eigenvalue weighted by Crippen LogP contribution is 2.39. The monoisotopic (exact) mass is 424 g/mol. The van der Waals surface area contributed by atoms with Gasteiger partial charge in [-0.1, -0.05) is 13.3 Å². The van der Waals surface area contributed by atoms with Crippen LogP contribution in [0.5, 0.6) is 0 Å². The predicted octanol–water partition coefficient (Wildman–Crippen LogP) is 2.00. The SMILES string of the molecule is CCC[C@](C)(OC)[C@H](N)[C@H]1[C@H](O)[C@@H](C(=O)OC)C[C@H]1NC(=O)OC(C)(C)C.Cl. The summed E-state index contributed by atoms with van der Waals surface area (Å²) in [6.45, 7) is 9.19. The molecule has 1 saturated carbocycles. The Morgan fingerprint density at radius 1 is 1.25 bits per heavy atom. The van der Waals surface area contributed by atoms with E-state index in [1.807, 2.05) is 13.8 Å². The van der Waals surface area contributed by atoms with Crippen molar-refractivity contribution >= 4 is 24.5 Å². The van der Waals surface area contributed by atoms with E-state index in [9.17, 15) is 14.7 Å². The molecule has 9 heteroatoms. The van der Waals surface area contributed by atoms with E-state index in [-0.39, 0.29) is 18.8 Å². The number of rotatable bonds is 7. The molecule has 1 aliphatic rings. The highest BCUT2D eigenvalue weighted by Gasteiger charge is 2.53. The van der Waals surface area contributed by atoms with Crippen molar-refractivity contribution < 1.29 is 28.9 Å². The van der Waals surface area contributed by atoms with Gasteiger partial charge in [0.1, 0.15) is 5.60 Å². The third kappa shape index (κ3) is 6.47. The summed E-state index contributed by atoms with van der Waals surface area (Å²) in [5.74, 6) is -1.88. The minimum Gasteiger partial charge on any atom is -0.469 e. The van der Waals surface area contributed by atoms with E-state index in [0.717, 1.165) is 6.42 Å². The molecule has 1 amide bonds. The van der Waals surface area contributed by atoms with Gasteiger partial charge in [0.2, 0.25) is 0 Å². The molecule has 1 aliphatic carbocycles. The Bertz CT molecular complexity index is 527. The van der Waals surface area contributed by atoms with Gasteiger partial charge in [-0.05, 0) is 40.5 Å². The van der Waals surface area contributed by atoms with E-state index < -0.39 is 53.3 Å². The molecule has 0 aromatic heterocycles. The van der Waals surface area contributed by atoms with Gasteiger partial charge in [0, 0.05) is 25.1 Å². The Morgan fingerprint density at radius 2 is 1.82 bits per heavy atom. The van der Waals surface area contributed by atoms with Gasteiger partial charge in [-0.3, -0.25) is 4.79 Å². The Balaban J connectivity index is 0.00000729. The van der Waals surface area contributed by atoms with Crippen molar-refractivity contribution in [3.8, 4) is 0 Å². The number of alkyl carbamates (subject to hydrolysis) is 1. The molecule has 0 radical (unpaired) electrons. The standard InChI is InChI=1S/C19H36N2O6.ClH/c1-8-9-19(5,26-7)15(20)13-12(21-17(24)27-18(2,3)4)10-11(14(13)22)16(23)25-6;/h11-15,22H,8-10,20H2,1-7H3,(H,21,24);1H/t11-,12+,13+,14+,15+,19-;/m0./s1. The Hall–Kier alpha value is -1.09. The van der Waals surface area contributed by atoms with Crippen LogP contribution in [0.4, 0.5) is 4.79 Å². The number of esters is 1. The second-order valence-electron chi connectivity index (χ2n) is 8.48. The second kappa shape index (κ2) is 10.6. The van der Waals surface area contributed by atoms with E-state index in [1.54, 1.807) is 27.9 Å². The number of hydrogen-bond donors (Lipinski definition) is 3. The average molecular weight is 425 g/mol. The molecule has 4 N–H and O–H groups in total. The van der Waals surface area contributed by atoms with Crippen LogP contribution in [0.25, 0.3) is 0 Å². The third-order valence-electron chi connectivity index (χ3n) is 5.32. The van der Waals surface area contributed by atoms with E-state index in [4.69, 9.17) is 19.9 Å². The summed E-state index contributed by atoms with van der Waals surface area (Å²) in [5, 5.41) is 13.6. The Labute approximate surface area is 174 Å². The second-order valence-corrected chi connectivity index (χ2v) is 8.48. The summed E-state index contributed by atoms with van der Waals surface area (Å²) in [4.78, 5) is 24.4. The maximum absolute atomic E-state index is 12.3. The number of amides is 1. The lowest BCUT2D eigenvalue weighted by molar-refractivity contribution is -0.149. The molecule has 0 aromatic carbocycles. The summed E-state index contributed by atoms with van der Waals surface area (Å²) in [5.41, 5.74) is 5.14. The first-order valence-corrected chi connectivity index (χ1v) is 9.46. The van der Waals surface area contributed by atoms with Gasteiger partial charge >= 0.3 is 12.1 Å². The molecule has 0 aromatic rings. The summed E-state index contributed by atoms with van der Waals surface area (Å²) in [6, 6.07) is -1.15. The van der Waals surface area contributed by atoms with Crippen LogP contribution in [0, 0.1) is 11.8 Å². The zero-order valence-corrected chi connectivity index (χ0v) is 18.8. The molecule has 1 rings (SSSR count). The molecule has 28 heavy (non-hydrogen) atoms. The van der Waals surface area contributed by atoms with Gasteiger partial charge in [-0.2, -0.15) is 0 Å². The van der Waals surface area contributed by atoms with Crippen LogP contribution < -0.4 is 11.1 Å². The van der Waals surface area contributed by atoms with E-state index in [1.165, 1.54) is 7.11 Å². The lowest BCUT2D eigenvalue weighted by Gasteiger charge is -2.40. The fraction of sp³-hybridized carbons (Fsp3) is 0.895. The van der Waals surface area contributed by atoms with Gasteiger partial charge in [0.05, 0.1) is 24.7 Å². The number of hydrogen-bond acceptors (Lipinski definition) is 7. The van der Waals surface area contributed by atoms with Gasteiger partial charge in [-0.15, -0.1) is 12.4 Å². The van der Waals surface area contributed by atoms with Crippen LogP contribution >= 0.6 is 12.4 Å². The van der Waals surface area contributed by atoms with E-state index >= 15 is 0 Å². The highest BCUT2D eigenvalue weighted by molar-refractivity contribution is 5.85. The molecule has 0 spiro atoms. The molecule has 6 atom stereocenters. The van der Waals surface area contributed by atoms with Crippen molar-refractivity contribution in [1.29, 1.82) is 0 Å². The maximum Gasteiger partial charge on any atom is 0.407 e. The van der Waals surface area contributed by atoms with Gasteiger partial charge in [-0.25, -0.2) is 4.79 Å². The third-order valence-corrected chi connectivity index (χ3v) is 5.32. The number of aliphatic hydroxyl groups is 1. The number of halogens is 1. The van der Waals surface area contributed by atoms with Crippen LogP contribution in [0.3, 0.4) is 0 Å². The first-order valence-electron chi connectivity index (χ1n) is 9.46. The number of carbonyl (C=O) groups is 2. The molecule has 0 unspecified atom stereocenters. The Morgan fingerprint density at radius 3 is 2.25 bits per heavy atom. The molecule has 0 heterocycles. The van der Waals surface area contributed by atoms with Crippen LogP contribution in [0.1, 0.15) is 53.9 Å². The highest BCUT2D eigenvalue weighted by atomic mass is 35.5. The van der Waals surface area contributed by atoms with Crippen LogP contribution in [-0.2, 0) is 19.0 Å². The number of aliphatic hydroxyl groups excluding tert-OH is 1. The molecule has 0 saturated heterocycles. The summed E-state index contributed by atoms with van der Waals surface area (Å²) in [7, 11) is 2.85. The lowest BCUT2D eigenvalue weighted by Crippen LogP contribution is -2.58. The van der Waals surface area contributed by atoms with Crippen molar-refractivity contribution in [3.63, 3.8) is 0 Å². The van der Waals surface area contributed by atoms with Crippen molar-refractivity contribution in [2.24, 2.45) is 17.6 Å². The van der Waals surface area contributed by atoms with Gasteiger partial charge < -0.3 is 30.4 Å². The molecular formula is C19H37ClN2O6. The topological polar surface area (TPSA) is 120 Å². The molecule has 0 aliphatic heterocycles. The number of ether oxygens (including phenoxy) is 3. The van der Waals surface area contributed by atoms with E-state index in [2.05, 4.69) is 5.32 Å².